The lowest BCUT2D eigenvalue weighted by Gasteiger charge is -2.07. The molecule has 0 amide bonds. The molecule has 3 N–H and O–H groups in total. The van der Waals surface area contributed by atoms with E-state index >= 15 is 0 Å². The number of hydrogen-bond donors (Lipinski definition) is 2. The normalized spacial score (nSPS) is 14.1. The molecule has 0 heterocycles. The fourth-order valence-electron chi connectivity index (χ4n) is 1.33. The zero-order valence-electron chi connectivity index (χ0n) is 10.8. The number of rotatable bonds is 7. The van der Waals surface area contributed by atoms with Crippen LogP contribution in [-0.4, -0.2) is 39.1 Å². The molecule has 1 rings (SSSR count). The van der Waals surface area contributed by atoms with E-state index in [9.17, 15) is 21.0 Å². The third-order valence-electron chi connectivity index (χ3n) is 2.41. The SMILES string of the molecule is CCS(=O)CCNS(=O)(=O)c1ccc(S(N)(=O)=O)cc1. The molecule has 1 unspecified atom stereocenters. The molecular formula is C10H16N2O5S3. The van der Waals surface area contributed by atoms with Crippen LogP contribution in [0.1, 0.15) is 6.92 Å². The molecule has 0 aliphatic carbocycles. The third-order valence-corrected chi connectivity index (χ3v) is 6.12. The topological polar surface area (TPSA) is 123 Å². The van der Waals surface area contributed by atoms with Crippen LogP contribution in [0.2, 0.25) is 0 Å². The molecule has 0 aliphatic heterocycles. The van der Waals surface area contributed by atoms with Crippen molar-refractivity contribution in [3.8, 4) is 0 Å². The first kappa shape index (κ1) is 17.2. The second kappa shape index (κ2) is 6.76. The monoisotopic (exact) mass is 340 g/mol. The average Bonchev–Trinajstić information content (AvgIpc) is 2.37. The van der Waals surface area contributed by atoms with Crippen LogP contribution in [0, 0.1) is 0 Å². The lowest BCUT2D eigenvalue weighted by atomic mass is 10.4. The van der Waals surface area contributed by atoms with Crippen molar-refractivity contribution in [1.29, 1.82) is 0 Å². The molecule has 0 saturated carbocycles. The van der Waals surface area contributed by atoms with Crippen LogP contribution in [0.15, 0.2) is 34.1 Å². The summed E-state index contributed by atoms with van der Waals surface area (Å²) in [6, 6.07) is 4.54. The Morgan fingerprint density at radius 2 is 1.60 bits per heavy atom. The first-order chi connectivity index (χ1) is 9.16. The second-order valence-corrected chi connectivity index (χ2v) is 9.04. The number of primary sulfonamides is 1. The van der Waals surface area contributed by atoms with E-state index in [2.05, 4.69) is 4.72 Å². The predicted octanol–water partition coefficient (Wildman–Crippen LogP) is -0.619. The first-order valence-corrected chi connectivity index (χ1v) is 10.2. The van der Waals surface area contributed by atoms with Crippen molar-refractivity contribution in [2.75, 3.05) is 18.1 Å². The molecule has 1 aromatic rings. The molecule has 0 fully saturated rings. The molecule has 20 heavy (non-hydrogen) atoms. The molecule has 0 aliphatic rings. The van der Waals surface area contributed by atoms with Crippen LogP contribution in [0.5, 0.6) is 0 Å². The first-order valence-electron chi connectivity index (χ1n) is 5.64. The van der Waals surface area contributed by atoms with Gasteiger partial charge in [0.1, 0.15) is 0 Å². The maximum Gasteiger partial charge on any atom is 0.240 e. The van der Waals surface area contributed by atoms with Gasteiger partial charge in [-0.05, 0) is 24.3 Å². The fourth-order valence-corrected chi connectivity index (χ4v) is 3.62. The number of nitrogens with two attached hydrogens (primary N) is 1. The summed E-state index contributed by atoms with van der Waals surface area (Å²) in [6.07, 6.45) is 0. The van der Waals surface area contributed by atoms with Gasteiger partial charge in [0.2, 0.25) is 20.0 Å². The van der Waals surface area contributed by atoms with E-state index in [-0.39, 0.29) is 22.1 Å². The Labute approximate surface area is 121 Å². The second-order valence-electron chi connectivity index (χ2n) is 3.85. The summed E-state index contributed by atoms with van der Waals surface area (Å²) in [6.45, 7) is 1.80. The Hall–Kier alpha value is -0.810. The summed E-state index contributed by atoms with van der Waals surface area (Å²) in [5, 5.41) is 4.92. The van der Waals surface area contributed by atoms with E-state index in [1.54, 1.807) is 6.92 Å². The molecule has 0 saturated heterocycles. The van der Waals surface area contributed by atoms with Crippen molar-refractivity contribution in [3.05, 3.63) is 24.3 Å². The highest BCUT2D eigenvalue weighted by Crippen LogP contribution is 2.12. The van der Waals surface area contributed by atoms with E-state index in [1.807, 2.05) is 0 Å². The molecule has 7 nitrogen and oxygen atoms in total. The maximum absolute atomic E-state index is 11.9. The van der Waals surface area contributed by atoms with Gasteiger partial charge in [0.05, 0.1) is 9.79 Å². The molecule has 114 valence electrons. The Balaban J connectivity index is 2.81. The van der Waals surface area contributed by atoms with E-state index < -0.39 is 30.8 Å². The average molecular weight is 340 g/mol. The zero-order valence-corrected chi connectivity index (χ0v) is 13.2. The molecule has 0 aromatic heterocycles. The van der Waals surface area contributed by atoms with Crippen LogP contribution in [0.3, 0.4) is 0 Å². The fraction of sp³-hybridized carbons (Fsp3) is 0.400. The van der Waals surface area contributed by atoms with Gasteiger partial charge in [-0.15, -0.1) is 0 Å². The van der Waals surface area contributed by atoms with Crippen molar-refractivity contribution < 1.29 is 21.0 Å². The Kier molecular flexibility index (Phi) is 5.83. The van der Waals surface area contributed by atoms with Crippen molar-refractivity contribution in [1.82, 2.24) is 4.72 Å². The lowest BCUT2D eigenvalue weighted by molar-refractivity contribution is 0.583. The van der Waals surface area contributed by atoms with Gasteiger partial charge >= 0.3 is 0 Å². The zero-order chi connectivity index (χ0) is 15.4. The van der Waals surface area contributed by atoms with Crippen LogP contribution >= 0.6 is 0 Å². The molecular weight excluding hydrogens is 324 g/mol. The standard InChI is InChI=1S/C10H16N2O5S3/c1-2-18(13)8-7-12-20(16,17)10-5-3-9(4-6-10)19(11,14)15/h3-6,12H,2,7-8H2,1H3,(H2,11,14,15). The van der Waals surface area contributed by atoms with Gasteiger partial charge in [-0.1, -0.05) is 6.92 Å². The summed E-state index contributed by atoms with van der Waals surface area (Å²) < 4.78 is 59.3. The molecule has 0 radical (unpaired) electrons. The Morgan fingerprint density at radius 1 is 1.10 bits per heavy atom. The highest BCUT2D eigenvalue weighted by molar-refractivity contribution is 7.90. The Morgan fingerprint density at radius 3 is 2.05 bits per heavy atom. The predicted molar refractivity (Wildman–Crippen MR) is 76.6 cm³/mol. The van der Waals surface area contributed by atoms with Crippen LogP contribution < -0.4 is 9.86 Å². The van der Waals surface area contributed by atoms with Gasteiger partial charge in [0.15, 0.2) is 0 Å². The third kappa shape index (κ3) is 4.94. The minimum Gasteiger partial charge on any atom is -0.260 e. The summed E-state index contributed by atoms with van der Waals surface area (Å²) in [7, 11) is -8.65. The summed E-state index contributed by atoms with van der Waals surface area (Å²) >= 11 is 0. The molecule has 10 heteroatoms. The summed E-state index contributed by atoms with van der Waals surface area (Å²) in [5.41, 5.74) is 0. The van der Waals surface area contributed by atoms with Crippen molar-refractivity contribution in [2.45, 2.75) is 16.7 Å². The van der Waals surface area contributed by atoms with Crippen LogP contribution in [0.4, 0.5) is 0 Å². The van der Waals surface area contributed by atoms with Crippen LogP contribution in [0.25, 0.3) is 0 Å². The quantitative estimate of drug-likeness (QED) is 0.685. The van der Waals surface area contributed by atoms with E-state index in [0.717, 1.165) is 24.3 Å². The van der Waals surface area contributed by atoms with Gasteiger partial charge in [-0.25, -0.2) is 26.7 Å². The largest absolute Gasteiger partial charge is 0.260 e. The molecule has 0 spiro atoms. The smallest absolute Gasteiger partial charge is 0.240 e. The molecule has 0 bridgehead atoms. The number of benzene rings is 1. The molecule has 1 aromatic carbocycles. The summed E-state index contributed by atoms with van der Waals surface area (Å²) in [4.78, 5) is -0.240. The van der Waals surface area contributed by atoms with Crippen LogP contribution in [-0.2, 0) is 30.8 Å². The highest BCUT2D eigenvalue weighted by Gasteiger charge is 2.15. The lowest BCUT2D eigenvalue weighted by Crippen LogP contribution is -2.28. The van der Waals surface area contributed by atoms with Crippen molar-refractivity contribution in [2.24, 2.45) is 5.14 Å². The van der Waals surface area contributed by atoms with Gasteiger partial charge in [-0.2, -0.15) is 0 Å². The maximum atomic E-state index is 11.9. The van der Waals surface area contributed by atoms with E-state index in [0.29, 0.717) is 5.75 Å². The van der Waals surface area contributed by atoms with E-state index in [4.69, 9.17) is 5.14 Å². The number of sulfonamides is 2. The minimum atomic E-state index is -3.85. The number of nitrogens with one attached hydrogen (secondary N) is 1. The molecule has 1 atom stereocenters. The van der Waals surface area contributed by atoms with E-state index in [1.165, 1.54) is 0 Å². The van der Waals surface area contributed by atoms with Gasteiger partial charge in [0, 0.05) is 28.9 Å². The van der Waals surface area contributed by atoms with Gasteiger partial charge in [0.25, 0.3) is 0 Å². The van der Waals surface area contributed by atoms with Crippen molar-refractivity contribution >= 4 is 30.8 Å². The Bertz CT molecular complexity index is 680. The van der Waals surface area contributed by atoms with Gasteiger partial charge < -0.3 is 0 Å². The minimum absolute atomic E-state index is 0.0553. The summed E-state index contributed by atoms with van der Waals surface area (Å²) in [5.74, 6) is 0.690. The van der Waals surface area contributed by atoms with Crippen molar-refractivity contribution in [3.63, 3.8) is 0 Å². The van der Waals surface area contributed by atoms with Gasteiger partial charge in [-0.3, -0.25) is 4.21 Å². The number of hydrogen-bond acceptors (Lipinski definition) is 5. The highest BCUT2D eigenvalue weighted by atomic mass is 32.2.